The Hall–Kier alpha value is -3.33. The van der Waals surface area contributed by atoms with E-state index in [4.69, 9.17) is 4.74 Å². The molecule has 2 aliphatic rings. The maximum absolute atomic E-state index is 13.9. The first-order valence-corrected chi connectivity index (χ1v) is 12.6. The molecule has 0 saturated carbocycles. The number of halogens is 7. The van der Waals surface area contributed by atoms with E-state index in [-0.39, 0.29) is 23.4 Å². The van der Waals surface area contributed by atoms with Crippen LogP contribution in [0.25, 0.3) is 5.76 Å². The fourth-order valence-electron chi connectivity index (χ4n) is 6.04. The molecule has 0 spiro atoms. The molecule has 3 unspecified atom stereocenters. The van der Waals surface area contributed by atoms with E-state index < -0.39 is 40.9 Å². The summed E-state index contributed by atoms with van der Waals surface area (Å²) in [6.07, 6.45) is -7.92. The third-order valence-corrected chi connectivity index (χ3v) is 7.84. The molecule has 2 nitrogen and oxygen atoms in total. The normalized spacial score (nSPS) is 23.6. The van der Waals surface area contributed by atoms with Crippen molar-refractivity contribution in [2.45, 2.75) is 62.3 Å². The van der Waals surface area contributed by atoms with E-state index in [1.807, 2.05) is 30.3 Å². The van der Waals surface area contributed by atoms with Gasteiger partial charge in [-0.05, 0) is 67.1 Å². The Bertz CT molecular complexity index is 1300. The van der Waals surface area contributed by atoms with Gasteiger partial charge in [0.05, 0.1) is 16.7 Å². The lowest BCUT2D eigenvalue weighted by molar-refractivity contribution is -0.143. The van der Waals surface area contributed by atoms with Crippen LogP contribution in [-0.4, -0.2) is 17.0 Å². The van der Waals surface area contributed by atoms with Crippen LogP contribution < -0.4 is 0 Å². The molecule has 0 radical (unpaired) electrons. The highest BCUT2D eigenvalue weighted by Gasteiger charge is 2.56. The van der Waals surface area contributed by atoms with Gasteiger partial charge >= 0.3 is 12.4 Å². The summed E-state index contributed by atoms with van der Waals surface area (Å²) in [5.74, 6) is -0.691. The average Bonchev–Trinajstić information content (AvgIpc) is 3.13. The van der Waals surface area contributed by atoms with Gasteiger partial charge in [0, 0.05) is 18.2 Å². The summed E-state index contributed by atoms with van der Waals surface area (Å²) in [6.45, 7) is 4.31. The van der Waals surface area contributed by atoms with Crippen molar-refractivity contribution in [1.82, 2.24) is 4.90 Å². The number of rotatable bonds is 6. The molecule has 9 heteroatoms. The minimum absolute atomic E-state index is 0.0839. The van der Waals surface area contributed by atoms with Gasteiger partial charge in [0.15, 0.2) is 0 Å². The van der Waals surface area contributed by atoms with Crippen molar-refractivity contribution in [1.29, 1.82) is 0 Å². The van der Waals surface area contributed by atoms with Gasteiger partial charge in [-0.2, -0.15) is 26.3 Å². The smallest absolute Gasteiger partial charge is 0.416 e. The lowest BCUT2D eigenvalue weighted by Crippen LogP contribution is -2.56. The third kappa shape index (κ3) is 5.29. The summed E-state index contributed by atoms with van der Waals surface area (Å²) in [5.41, 5.74) is -2.20. The van der Waals surface area contributed by atoms with E-state index in [9.17, 15) is 30.7 Å². The van der Waals surface area contributed by atoms with Crippen LogP contribution in [0.3, 0.4) is 0 Å². The summed E-state index contributed by atoms with van der Waals surface area (Å²) in [4.78, 5) is 2.28. The van der Waals surface area contributed by atoms with Crippen LogP contribution in [0.15, 0.2) is 79.4 Å². The fraction of sp³-hybridized carbons (Fsp3) is 0.333. The Morgan fingerprint density at radius 2 is 1.46 bits per heavy atom. The molecule has 3 atom stereocenters. The highest BCUT2D eigenvalue weighted by molar-refractivity contribution is 5.60. The number of benzene rings is 3. The molecule has 39 heavy (non-hydrogen) atoms. The lowest BCUT2D eigenvalue weighted by atomic mass is 9.78. The number of hydrogen-bond donors (Lipinski definition) is 0. The first-order valence-electron chi connectivity index (χ1n) is 12.6. The van der Waals surface area contributed by atoms with Crippen LogP contribution in [0.1, 0.15) is 53.5 Å². The van der Waals surface area contributed by atoms with E-state index >= 15 is 0 Å². The summed E-state index contributed by atoms with van der Waals surface area (Å²) >= 11 is 0. The number of ether oxygens (including phenoxy) is 1. The zero-order valence-electron chi connectivity index (χ0n) is 20.8. The first kappa shape index (κ1) is 27.2. The van der Waals surface area contributed by atoms with Crippen LogP contribution in [0.5, 0.6) is 0 Å². The van der Waals surface area contributed by atoms with Gasteiger partial charge in [0.1, 0.15) is 17.7 Å². The van der Waals surface area contributed by atoms with E-state index in [1.54, 1.807) is 12.1 Å². The molecular weight excluding hydrogens is 523 g/mol. The Morgan fingerprint density at radius 3 is 2.05 bits per heavy atom. The molecule has 5 rings (SSSR count). The van der Waals surface area contributed by atoms with Crippen LogP contribution in [0, 0.1) is 5.82 Å². The number of nitrogens with zero attached hydrogens (tertiary/aromatic N) is 1. The van der Waals surface area contributed by atoms with Crippen molar-refractivity contribution in [3.63, 3.8) is 0 Å². The Balaban J connectivity index is 1.54. The topological polar surface area (TPSA) is 12.5 Å². The maximum atomic E-state index is 13.9. The van der Waals surface area contributed by atoms with E-state index in [2.05, 4.69) is 11.5 Å². The Morgan fingerprint density at radius 1 is 0.846 bits per heavy atom. The molecule has 2 saturated heterocycles. The summed E-state index contributed by atoms with van der Waals surface area (Å²) in [6, 6.07) is 17.3. The second kappa shape index (κ2) is 10.0. The number of hydrogen-bond acceptors (Lipinski definition) is 2. The van der Waals surface area contributed by atoms with Crippen LogP contribution >= 0.6 is 0 Å². The van der Waals surface area contributed by atoms with Crippen molar-refractivity contribution >= 4 is 5.76 Å². The molecule has 0 aromatic heterocycles. The molecule has 2 heterocycles. The SMILES string of the molecule is C=C(OC1CCC2CCC1(c1ccc(F)cc1)N2Cc1ccccc1)c1cc(C(F)(F)F)cc(C(F)(F)F)c1. The first-order chi connectivity index (χ1) is 18.4. The average molecular weight is 550 g/mol. The van der Waals surface area contributed by atoms with E-state index in [0.717, 1.165) is 24.0 Å². The van der Waals surface area contributed by atoms with Crippen molar-refractivity contribution in [2.75, 3.05) is 0 Å². The second-order valence-corrected chi connectivity index (χ2v) is 10.1. The van der Waals surface area contributed by atoms with E-state index in [1.165, 1.54) is 12.1 Å². The molecule has 0 amide bonds. The maximum Gasteiger partial charge on any atom is 0.416 e. The van der Waals surface area contributed by atoms with Crippen molar-refractivity contribution < 1.29 is 35.5 Å². The summed E-state index contributed by atoms with van der Waals surface area (Å²) < 4.78 is 101. The quantitative estimate of drug-likeness (QED) is 0.226. The highest BCUT2D eigenvalue weighted by atomic mass is 19.4. The van der Waals surface area contributed by atoms with Gasteiger partial charge in [0.25, 0.3) is 0 Å². The number of fused-ring (bicyclic) bond motifs is 2. The number of piperidine rings is 1. The van der Waals surface area contributed by atoms with Crippen molar-refractivity contribution in [3.8, 4) is 0 Å². The van der Waals surface area contributed by atoms with E-state index in [0.29, 0.717) is 31.5 Å². The van der Waals surface area contributed by atoms with Crippen LogP contribution in [0.2, 0.25) is 0 Å². The molecule has 2 aliphatic heterocycles. The molecular formula is C30H26F7NO. The second-order valence-electron chi connectivity index (χ2n) is 10.1. The highest BCUT2D eigenvalue weighted by Crippen LogP contribution is 2.53. The number of alkyl halides is 6. The minimum Gasteiger partial charge on any atom is -0.488 e. The molecule has 206 valence electrons. The summed E-state index contributed by atoms with van der Waals surface area (Å²) in [7, 11) is 0. The molecule has 0 aliphatic carbocycles. The zero-order valence-corrected chi connectivity index (χ0v) is 20.8. The van der Waals surface area contributed by atoms with Gasteiger partial charge in [-0.25, -0.2) is 4.39 Å². The molecule has 3 aromatic rings. The Labute approximate surface area is 221 Å². The Kier molecular flexibility index (Phi) is 6.99. The predicted octanol–water partition coefficient (Wildman–Crippen LogP) is 8.57. The predicted molar refractivity (Wildman–Crippen MR) is 133 cm³/mol. The van der Waals surface area contributed by atoms with Gasteiger partial charge in [-0.3, -0.25) is 4.90 Å². The van der Waals surface area contributed by atoms with Crippen LogP contribution in [-0.2, 0) is 29.2 Å². The molecule has 0 N–H and O–H groups in total. The molecule has 3 aromatic carbocycles. The monoisotopic (exact) mass is 549 g/mol. The lowest BCUT2D eigenvalue weighted by Gasteiger charge is -2.50. The van der Waals surface area contributed by atoms with Gasteiger partial charge in [-0.15, -0.1) is 0 Å². The summed E-state index contributed by atoms with van der Waals surface area (Å²) in [5, 5.41) is 0. The minimum atomic E-state index is -4.98. The van der Waals surface area contributed by atoms with Crippen molar-refractivity contribution in [3.05, 3.63) is 113 Å². The fourth-order valence-corrected chi connectivity index (χ4v) is 6.04. The van der Waals surface area contributed by atoms with Gasteiger partial charge in [-0.1, -0.05) is 49.0 Å². The van der Waals surface area contributed by atoms with Crippen LogP contribution in [0.4, 0.5) is 30.7 Å². The van der Waals surface area contributed by atoms with Crippen molar-refractivity contribution in [2.24, 2.45) is 0 Å². The molecule has 2 bridgehead atoms. The zero-order chi connectivity index (χ0) is 28.0. The molecule has 2 fully saturated rings. The third-order valence-electron chi connectivity index (χ3n) is 7.84. The largest absolute Gasteiger partial charge is 0.488 e. The van der Waals surface area contributed by atoms with Gasteiger partial charge < -0.3 is 4.74 Å². The standard InChI is InChI=1S/C30H26F7NO/c1-19(21-15-23(29(32,33)34)17-24(16-21)30(35,36)37)39-27-12-11-26-13-14-28(27,22-7-9-25(31)10-8-22)38(26)18-20-5-3-2-4-6-20/h2-10,15-17,26-27H,1,11-14,18H2. The van der Waals surface area contributed by atoms with Gasteiger partial charge in [0.2, 0.25) is 0 Å².